The normalized spacial score (nSPS) is 11.1. The van der Waals surface area contributed by atoms with Crippen LogP contribution >= 0.6 is 23.2 Å². The van der Waals surface area contributed by atoms with E-state index in [1.165, 1.54) is 79.4 Å². The number of anilines is 1. The van der Waals surface area contributed by atoms with Gasteiger partial charge in [0.2, 0.25) is 16.5 Å². The van der Waals surface area contributed by atoms with E-state index in [9.17, 15) is 48.3 Å². The van der Waals surface area contributed by atoms with Gasteiger partial charge in [-0.05, 0) is 65.1 Å². The molecule has 66 heavy (non-hydrogen) atoms. The fraction of sp³-hybridized carbons (Fsp3) is 0.100. The minimum absolute atomic E-state index is 0.00791. The van der Waals surface area contributed by atoms with Crippen molar-refractivity contribution < 1.29 is 72.9 Å². The van der Waals surface area contributed by atoms with Crippen LogP contribution in [0.15, 0.2) is 128 Å². The van der Waals surface area contributed by atoms with Gasteiger partial charge in [-0.15, -0.1) is 0 Å². The van der Waals surface area contributed by atoms with Crippen molar-refractivity contribution in [3.63, 3.8) is 0 Å². The molecule has 3 heterocycles. The molecule has 4 N–H and O–H groups in total. The van der Waals surface area contributed by atoms with Gasteiger partial charge in [0.15, 0.2) is 17.2 Å². The molecule has 0 amide bonds. The number of para-hydroxylation sites is 2. The van der Waals surface area contributed by atoms with E-state index in [2.05, 4.69) is 35.2 Å². The SMILES string of the molecule is FC(F)(F)c1ccccc1Oc1cnc(Cl)nc1.Fc1cccc(F)c1CNc1ncc(Oc2ccccc2C(F)(F)F)cn1.OB(O)c1ccccc1C(F)(F)F.Oc1cnc(Cl)nc1. The van der Waals surface area contributed by atoms with E-state index in [1.54, 1.807) is 0 Å². The van der Waals surface area contributed by atoms with Crippen molar-refractivity contribution >= 4 is 41.7 Å². The molecule has 0 aliphatic heterocycles. The highest BCUT2D eigenvalue weighted by atomic mass is 35.5. The highest BCUT2D eigenvalue weighted by molar-refractivity contribution is 6.59. The first-order valence-electron chi connectivity index (χ1n) is 17.9. The predicted octanol–water partition coefficient (Wildman–Crippen LogP) is 10.3. The minimum Gasteiger partial charge on any atom is -0.505 e. The lowest BCUT2D eigenvalue weighted by Crippen LogP contribution is -2.35. The predicted molar refractivity (Wildman–Crippen MR) is 216 cm³/mol. The number of hydrogen-bond acceptors (Lipinski definition) is 12. The highest BCUT2D eigenvalue weighted by Gasteiger charge is 2.36. The first-order valence-corrected chi connectivity index (χ1v) is 18.6. The average Bonchev–Trinajstić information content (AvgIpc) is 3.26. The van der Waals surface area contributed by atoms with E-state index in [0.717, 1.165) is 48.8 Å². The van der Waals surface area contributed by atoms with Crippen LogP contribution in [0.5, 0.6) is 28.7 Å². The molecule has 0 fully saturated rings. The zero-order chi connectivity index (χ0) is 48.7. The summed E-state index contributed by atoms with van der Waals surface area (Å²) in [5.41, 5.74) is -3.53. The molecule has 0 unspecified atom stereocenters. The monoisotopic (exact) mass is 975 g/mol. The van der Waals surface area contributed by atoms with Crippen molar-refractivity contribution in [2.75, 3.05) is 5.32 Å². The van der Waals surface area contributed by atoms with Gasteiger partial charge in [0, 0.05) is 12.1 Å². The molecule has 4 aromatic carbocycles. The second-order valence-corrected chi connectivity index (χ2v) is 13.0. The summed E-state index contributed by atoms with van der Waals surface area (Å²) in [6, 6.07) is 17.4. The summed E-state index contributed by atoms with van der Waals surface area (Å²) in [6.45, 7) is -0.199. The van der Waals surface area contributed by atoms with Gasteiger partial charge in [0.1, 0.15) is 23.1 Å². The largest absolute Gasteiger partial charge is 0.505 e. The molecular formula is C40H27BCl2F11N7O5. The van der Waals surface area contributed by atoms with E-state index < -0.39 is 59.4 Å². The Morgan fingerprint density at radius 1 is 0.515 bits per heavy atom. The number of rotatable bonds is 8. The number of ether oxygens (including phenoxy) is 2. The van der Waals surface area contributed by atoms with Gasteiger partial charge in [-0.3, -0.25) is 0 Å². The van der Waals surface area contributed by atoms with Gasteiger partial charge in [-0.1, -0.05) is 54.6 Å². The number of alkyl halides is 9. The van der Waals surface area contributed by atoms with Crippen LogP contribution < -0.4 is 20.3 Å². The summed E-state index contributed by atoms with van der Waals surface area (Å²) in [4.78, 5) is 21.9. The Labute approximate surface area is 375 Å². The maximum absolute atomic E-state index is 13.6. The lowest BCUT2D eigenvalue weighted by Gasteiger charge is -2.13. The smallest absolute Gasteiger partial charge is 0.489 e. The number of benzene rings is 4. The van der Waals surface area contributed by atoms with Gasteiger partial charge in [-0.25, -0.2) is 38.7 Å². The van der Waals surface area contributed by atoms with Gasteiger partial charge in [0.25, 0.3) is 0 Å². The van der Waals surface area contributed by atoms with E-state index in [1.807, 2.05) is 0 Å². The summed E-state index contributed by atoms with van der Waals surface area (Å²) in [6.07, 6.45) is -6.44. The average molecular weight is 976 g/mol. The lowest BCUT2D eigenvalue weighted by molar-refractivity contribution is -0.139. The molecule has 0 bridgehead atoms. The van der Waals surface area contributed by atoms with Crippen molar-refractivity contribution in [3.05, 3.63) is 173 Å². The van der Waals surface area contributed by atoms with Gasteiger partial charge < -0.3 is 29.9 Å². The Kier molecular flexibility index (Phi) is 18.3. The van der Waals surface area contributed by atoms with Crippen LogP contribution in [-0.2, 0) is 25.1 Å². The van der Waals surface area contributed by atoms with E-state index in [0.29, 0.717) is 0 Å². The zero-order valence-corrected chi connectivity index (χ0v) is 34.2. The Balaban J connectivity index is 0.000000210. The quantitative estimate of drug-likeness (QED) is 0.0647. The molecular weight excluding hydrogens is 949 g/mol. The molecule has 12 nitrogen and oxygen atoms in total. The molecule has 0 atom stereocenters. The number of nitrogens with one attached hydrogen (secondary N) is 1. The Morgan fingerprint density at radius 2 is 0.894 bits per heavy atom. The van der Waals surface area contributed by atoms with Crippen LogP contribution in [0.2, 0.25) is 10.6 Å². The molecule has 7 aromatic rings. The Morgan fingerprint density at radius 3 is 1.29 bits per heavy atom. The molecule has 0 aliphatic rings. The van der Waals surface area contributed by atoms with Crippen molar-refractivity contribution in [3.8, 4) is 28.7 Å². The maximum Gasteiger partial charge on any atom is 0.489 e. The van der Waals surface area contributed by atoms with E-state index in [-0.39, 0.29) is 57.4 Å². The van der Waals surface area contributed by atoms with Gasteiger partial charge >= 0.3 is 25.6 Å². The summed E-state index contributed by atoms with van der Waals surface area (Å²) in [5.74, 6) is -2.01. The molecule has 0 spiro atoms. The summed E-state index contributed by atoms with van der Waals surface area (Å²) in [7, 11) is -2.10. The van der Waals surface area contributed by atoms with E-state index in [4.69, 9.17) is 47.8 Å². The van der Waals surface area contributed by atoms with E-state index >= 15 is 0 Å². The molecule has 0 aliphatic carbocycles. The Hall–Kier alpha value is -6.89. The fourth-order valence-corrected chi connectivity index (χ4v) is 5.00. The van der Waals surface area contributed by atoms with Crippen molar-refractivity contribution in [2.45, 2.75) is 25.1 Å². The molecule has 3 aromatic heterocycles. The van der Waals surface area contributed by atoms with Crippen LogP contribution in [0.4, 0.5) is 54.2 Å². The fourth-order valence-electron chi connectivity index (χ4n) is 4.80. The first kappa shape index (κ1) is 51.7. The van der Waals surface area contributed by atoms with Crippen LogP contribution in [0.1, 0.15) is 22.3 Å². The third kappa shape index (κ3) is 16.3. The zero-order valence-electron chi connectivity index (χ0n) is 32.7. The number of hydrogen-bond donors (Lipinski definition) is 4. The maximum atomic E-state index is 13.6. The molecule has 7 rings (SSSR count). The lowest BCUT2D eigenvalue weighted by atomic mass is 9.77. The van der Waals surface area contributed by atoms with Crippen molar-refractivity contribution in [1.82, 2.24) is 29.9 Å². The van der Waals surface area contributed by atoms with Crippen LogP contribution in [0, 0.1) is 11.6 Å². The van der Waals surface area contributed by atoms with Crippen molar-refractivity contribution in [2.24, 2.45) is 0 Å². The molecule has 0 saturated carbocycles. The summed E-state index contributed by atoms with van der Waals surface area (Å²) >= 11 is 10.7. The van der Waals surface area contributed by atoms with Crippen molar-refractivity contribution in [1.29, 1.82) is 0 Å². The first-order chi connectivity index (χ1) is 31.0. The number of aromatic nitrogens is 6. The summed E-state index contributed by atoms with van der Waals surface area (Å²) in [5, 5.41) is 28.6. The third-order valence-electron chi connectivity index (χ3n) is 7.70. The number of halogens is 13. The third-order valence-corrected chi connectivity index (χ3v) is 8.09. The second-order valence-electron chi connectivity index (χ2n) is 12.3. The molecule has 346 valence electrons. The molecule has 0 saturated heterocycles. The minimum atomic E-state index is -4.57. The van der Waals surface area contributed by atoms with Gasteiger partial charge in [0.05, 0.1) is 53.9 Å². The highest BCUT2D eigenvalue weighted by Crippen LogP contribution is 2.39. The number of nitrogens with zero attached hydrogens (tertiary/aromatic N) is 6. The van der Waals surface area contributed by atoms with Crippen LogP contribution in [0.3, 0.4) is 0 Å². The van der Waals surface area contributed by atoms with Crippen LogP contribution in [-0.4, -0.2) is 52.2 Å². The Bertz CT molecular complexity index is 2580. The molecule has 0 radical (unpaired) electrons. The molecule has 26 heteroatoms. The van der Waals surface area contributed by atoms with Crippen LogP contribution in [0.25, 0.3) is 0 Å². The summed E-state index contributed by atoms with van der Waals surface area (Å²) < 4.78 is 151. The topological polar surface area (TPSA) is 169 Å². The van der Waals surface area contributed by atoms with Gasteiger partial charge in [-0.2, -0.15) is 39.5 Å². The standard InChI is InChI=1S/C18H12F5N3O.C11H6ClF3N2O.C7H6BF3O2.C4H3ClN2O/c19-14-5-3-6-15(20)12(14)10-26-17-24-8-11(9-25-17)27-16-7-2-1-4-13(16)18(21,22)23;12-10-16-5-7(6-17-10)18-9-4-2-1-3-8(9)11(13,14)15;9-7(10,11)5-3-1-2-4-6(5)8(12)13;5-4-6-1-3(8)2-7-4/h1-9H,10H2,(H,24,25,26);1-6H;1-4,12-13H;1-2,8H. The second kappa shape index (κ2) is 23.3. The number of aromatic hydroxyl groups is 1.